The standard InChI is InChI=1S/C12H19N7O2/c1-4-6-18-12(11(19(20)21)9(3)16-18)13-7-10-15-14-8-17(10)5-2/h8,13H,4-7H2,1-3H3. The first-order valence-corrected chi connectivity index (χ1v) is 6.90. The predicted molar refractivity (Wildman–Crippen MR) is 76.9 cm³/mol. The number of nitrogens with zero attached hydrogens (tertiary/aromatic N) is 6. The van der Waals surface area contributed by atoms with Crippen LogP contribution in [0.3, 0.4) is 0 Å². The SMILES string of the molecule is CCCn1nc(C)c([N+](=O)[O-])c1NCc1nncn1CC. The molecule has 114 valence electrons. The van der Waals surface area contributed by atoms with Crippen molar-refractivity contribution in [3.05, 3.63) is 28.0 Å². The maximum atomic E-state index is 11.2. The number of hydrogen-bond acceptors (Lipinski definition) is 6. The molecule has 1 N–H and O–H groups in total. The van der Waals surface area contributed by atoms with Crippen LogP contribution in [0, 0.1) is 17.0 Å². The highest BCUT2D eigenvalue weighted by Crippen LogP contribution is 2.28. The minimum atomic E-state index is -0.401. The summed E-state index contributed by atoms with van der Waals surface area (Å²) in [4.78, 5) is 10.8. The molecular weight excluding hydrogens is 274 g/mol. The van der Waals surface area contributed by atoms with Crippen LogP contribution < -0.4 is 5.32 Å². The smallest absolute Gasteiger partial charge is 0.333 e. The Kier molecular flexibility index (Phi) is 4.51. The highest BCUT2D eigenvalue weighted by molar-refractivity contribution is 5.59. The van der Waals surface area contributed by atoms with Gasteiger partial charge in [0.2, 0.25) is 5.82 Å². The second-order valence-electron chi connectivity index (χ2n) is 4.65. The van der Waals surface area contributed by atoms with Crippen LogP contribution >= 0.6 is 0 Å². The van der Waals surface area contributed by atoms with Crippen LogP contribution in [0.5, 0.6) is 0 Å². The van der Waals surface area contributed by atoms with Gasteiger partial charge >= 0.3 is 5.69 Å². The highest BCUT2D eigenvalue weighted by Gasteiger charge is 2.25. The van der Waals surface area contributed by atoms with Gasteiger partial charge in [0, 0.05) is 13.1 Å². The van der Waals surface area contributed by atoms with Gasteiger partial charge in [0.25, 0.3) is 0 Å². The van der Waals surface area contributed by atoms with Crippen molar-refractivity contribution in [1.82, 2.24) is 24.5 Å². The van der Waals surface area contributed by atoms with Gasteiger partial charge in [-0.3, -0.25) is 10.1 Å². The van der Waals surface area contributed by atoms with Crippen molar-refractivity contribution in [2.24, 2.45) is 0 Å². The molecule has 0 aliphatic rings. The summed E-state index contributed by atoms with van der Waals surface area (Å²) >= 11 is 0. The summed E-state index contributed by atoms with van der Waals surface area (Å²) in [6, 6.07) is 0. The van der Waals surface area contributed by atoms with Crippen LogP contribution in [0.4, 0.5) is 11.5 Å². The first kappa shape index (κ1) is 14.9. The lowest BCUT2D eigenvalue weighted by atomic mass is 10.3. The summed E-state index contributed by atoms with van der Waals surface area (Å²) in [5.74, 6) is 1.15. The van der Waals surface area contributed by atoms with Crippen molar-refractivity contribution in [2.45, 2.75) is 46.8 Å². The maximum Gasteiger partial charge on any atom is 0.333 e. The van der Waals surface area contributed by atoms with Gasteiger partial charge in [0.05, 0.1) is 11.5 Å². The topological polar surface area (TPSA) is 104 Å². The van der Waals surface area contributed by atoms with Crippen LogP contribution in [-0.2, 0) is 19.6 Å². The summed E-state index contributed by atoms with van der Waals surface area (Å²) in [5, 5.41) is 26.4. The number of anilines is 1. The summed E-state index contributed by atoms with van der Waals surface area (Å²) in [5.41, 5.74) is 0.430. The Morgan fingerprint density at radius 2 is 2.19 bits per heavy atom. The summed E-state index contributed by atoms with van der Waals surface area (Å²) in [6.45, 7) is 7.37. The van der Waals surface area contributed by atoms with Crippen LogP contribution in [0.25, 0.3) is 0 Å². The van der Waals surface area contributed by atoms with E-state index in [1.807, 2.05) is 18.4 Å². The fourth-order valence-corrected chi connectivity index (χ4v) is 2.18. The van der Waals surface area contributed by atoms with E-state index >= 15 is 0 Å². The molecule has 0 spiro atoms. The van der Waals surface area contributed by atoms with Gasteiger partial charge in [0.15, 0.2) is 5.82 Å². The summed E-state index contributed by atoms with van der Waals surface area (Å²) in [7, 11) is 0. The van der Waals surface area contributed by atoms with Gasteiger partial charge in [-0.15, -0.1) is 10.2 Å². The third-order valence-corrected chi connectivity index (χ3v) is 3.16. The van der Waals surface area contributed by atoms with E-state index in [2.05, 4.69) is 20.6 Å². The molecule has 0 saturated carbocycles. The van der Waals surface area contributed by atoms with Gasteiger partial charge in [-0.25, -0.2) is 4.68 Å². The zero-order chi connectivity index (χ0) is 15.4. The monoisotopic (exact) mass is 293 g/mol. The number of aryl methyl sites for hydroxylation is 3. The molecule has 2 aromatic heterocycles. The van der Waals surface area contributed by atoms with Crippen LogP contribution in [-0.4, -0.2) is 29.5 Å². The lowest BCUT2D eigenvalue weighted by molar-refractivity contribution is -0.384. The van der Waals surface area contributed by atoms with Gasteiger partial charge in [-0.1, -0.05) is 6.92 Å². The van der Waals surface area contributed by atoms with Gasteiger partial charge in [0.1, 0.15) is 12.0 Å². The number of hydrogen-bond donors (Lipinski definition) is 1. The quantitative estimate of drug-likeness (QED) is 0.616. The van der Waals surface area contributed by atoms with Gasteiger partial charge in [-0.05, 0) is 20.3 Å². The van der Waals surface area contributed by atoms with Crippen molar-refractivity contribution in [3.63, 3.8) is 0 Å². The second kappa shape index (κ2) is 6.33. The minimum Gasteiger partial charge on any atom is -0.357 e. The third kappa shape index (κ3) is 3.01. The Morgan fingerprint density at radius 3 is 2.81 bits per heavy atom. The Labute approximate surface area is 122 Å². The van der Waals surface area contributed by atoms with Crippen LogP contribution in [0.1, 0.15) is 31.8 Å². The lowest BCUT2D eigenvalue weighted by Gasteiger charge is -2.08. The molecule has 2 aromatic rings. The molecule has 2 heterocycles. The zero-order valence-corrected chi connectivity index (χ0v) is 12.4. The number of nitro groups is 1. The molecule has 9 nitrogen and oxygen atoms in total. The fourth-order valence-electron chi connectivity index (χ4n) is 2.18. The summed E-state index contributed by atoms with van der Waals surface area (Å²) in [6.07, 6.45) is 2.48. The molecule has 0 radical (unpaired) electrons. The molecule has 9 heteroatoms. The maximum absolute atomic E-state index is 11.2. The van der Waals surface area contributed by atoms with Crippen molar-refractivity contribution in [3.8, 4) is 0 Å². The van der Waals surface area contributed by atoms with E-state index in [4.69, 9.17) is 0 Å². The lowest BCUT2D eigenvalue weighted by Crippen LogP contribution is -2.12. The molecule has 0 unspecified atom stereocenters. The molecule has 0 aromatic carbocycles. The molecule has 0 aliphatic carbocycles. The predicted octanol–water partition coefficient (Wildman–Crippen LogP) is 1.73. The zero-order valence-electron chi connectivity index (χ0n) is 12.4. The average molecular weight is 293 g/mol. The van der Waals surface area contributed by atoms with Crippen molar-refractivity contribution in [1.29, 1.82) is 0 Å². The third-order valence-electron chi connectivity index (χ3n) is 3.16. The summed E-state index contributed by atoms with van der Waals surface area (Å²) < 4.78 is 3.52. The molecular formula is C12H19N7O2. The van der Waals surface area contributed by atoms with E-state index in [9.17, 15) is 10.1 Å². The van der Waals surface area contributed by atoms with E-state index in [1.54, 1.807) is 17.9 Å². The van der Waals surface area contributed by atoms with E-state index < -0.39 is 4.92 Å². The molecule has 0 bridgehead atoms. The first-order valence-electron chi connectivity index (χ1n) is 6.90. The van der Waals surface area contributed by atoms with E-state index in [0.717, 1.165) is 18.8 Å². The van der Waals surface area contributed by atoms with Gasteiger partial charge in [-0.2, -0.15) is 5.10 Å². The van der Waals surface area contributed by atoms with E-state index in [-0.39, 0.29) is 5.69 Å². The van der Waals surface area contributed by atoms with E-state index in [1.165, 1.54) is 0 Å². The fraction of sp³-hybridized carbons (Fsp3) is 0.583. The minimum absolute atomic E-state index is 0.0195. The normalized spacial score (nSPS) is 10.8. The molecule has 0 atom stereocenters. The van der Waals surface area contributed by atoms with Crippen molar-refractivity contribution in [2.75, 3.05) is 5.32 Å². The van der Waals surface area contributed by atoms with Crippen LogP contribution in [0.2, 0.25) is 0 Å². The Bertz CT molecular complexity index is 632. The van der Waals surface area contributed by atoms with E-state index in [0.29, 0.717) is 24.6 Å². The number of rotatable bonds is 7. The molecule has 0 amide bonds. The Morgan fingerprint density at radius 1 is 1.43 bits per heavy atom. The van der Waals surface area contributed by atoms with Crippen molar-refractivity contribution >= 4 is 11.5 Å². The molecule has 2 rings (SSSR count). The Hall–Kier alpha value is -2.45. The molecule has 0 aliphatic heterocycles. The first-order chi connectivity index (χ1) is 10.1. The molecule has 0 saturated heterocycles. The molecule has 21 heavy (non-hydrogen) atoms. The number of nitrogens with one attached hydrogen (secondary N) is 1. The Balaban J connectivity index is 2.27. The number of aromatic nitrogens is 5. The average Bonchev–Trinajstić information content (AvgIpc) is 3.00. The van der Waals surface area contributed by atoms with Crippen molar-refractivity contribution < 1.29 is 4.92 Å². The molecule has 0 fully saturated rings. The van der Waals surface area contributed by atoms with Crippen LogP contribution in [0.15, 0.2) is 6.33 Å². The second-order valence-corrected chi connectivity index (χ2v) is 4.65. The largest absolute Gasteiger partial charge is 0.357 e. The highest BCUT2D eigenvalue weighted by atomic mass is 16.6. The van der Waals surface area contributed by atoms with Gasteiger partial charge < -0.3 is 9.88 Å².